The van der Waals surface area contributed by atoms with Gasteiger partial charge in [-0.1, -0.05) is 0 Å². The minimum absolute atomic E-state index is 0.281. The lowest BCUT2D eigenvalue weighted by Crippen LogP contribution is -2.54. The number of aliphatic carboxylic acids is 1. The largest absolute Gasteiger partial charge is 0.480 e. The Balaban J connectivity index is 1.82. The van der Waals surface area contributed by atoms with E-state index in [1.807, 2.05) is 0 Å². The molecule has 2 aliphatic carbocycles. The van der Waals surface area contributed by atoms with Gasteiger partial charge in [0, 0.05) is 6.04 Å². The maximum Gasteiger partial charge on any atom is 0.326 e. The van der Waals surface area contributed by atoms with Gasteiger partial charge in [0.05, 0.1) is 12.7 Å². The van der Waals surface area contributed by atoms with E-state index in [9.17, 15) is 9.90 Å². The van der Waals surface area contributed by atoms with E-state index < -0.39 is 11.5 Å². The Labute approximate surface area is 90.0 Å². The van der Waals surface area contributed by atoms with Crippen LogP contribution in [0, 0.1) is 0 Å². The third kappa shape index (κ3) is 2.69. The number of rotatable bonds is 6. The molecule has 15 heavy (non-hydrogen) atoms. The molecule has 0 aliphatic heterocycles. The summed E-state index contributed by atoms with van der Waals surface area (Å²) in [5.74, 6) is -0.811. The van der Waals surface area contributed by atoms with Crippen molar-refractivity contribution in [3.05, 3.63) is 0 Å². The molecule has 2 N–H and O–H groups in total. The van der Waals surface area contributed by atoms with Crippen molar-refractivity contribution >= 4 is 5.97 Å². The highest BCUT2D eigenvalue weighted by Crippen LogP contribution is 2.26. The van der Waals surface area contributed by atoms with Crippen molar-refractivity contribution in [3.63, 3.8) is 0 Å². The number of carbonyl (C=O) groups is 1. The molecule has 2 aliphatic rings. The maximum atomic E-state index is 11.2. The minimum atomic E-state index is -0.906. The van der Waals surface area contributed by atoms with Crippen LogP contribution in [0.1, 0.15) is 39.0 Å². The first-order valence-electron chi connectivity index (χ1n) is 5.73. The summed E-state index contributed by atoms with van der Waals surface area (Å²) in [4.78, 5) is 11.2. The van der Waals surface area contributed by atoms with E-state index in [4.69, 9.17) is 4.74 Å². The van der Waals surface area contributed by atoms with Crippen LogP contribution in [-0.2, 0) is 9.53 Å². The summed E-state index contributed by atoms with van der Waals surface area (Å²) in [7, 11) is 0. The van der Waals surface area contributed by atoms with Crippen molar-refractivity contribution < 1.29 is 14.6 Å². The molecule has 0 bridgehead atoms. The number of carboxylic acid groups (broad SMARTS) is 1. The summed E-state index contributed by atoms with van der Waals surface area (Å²) in [5.41, 5.74) is -0.906. The van der Waals surface area contributed by atoms with Gasteiger partial charge in [0.15, 0.2) is 0 Å². The molecule has 1 unspecified atom stereocenters. The molecule has 2 saturated carbocycles. The van der Waals surface area contributed by atoms with Crippen LogP contribution in [0.25, 0.3) is 0 Å². The van der Waals surface area contributed by atoms with Crippen LogP contribution >= 0.6 is 0 Å². The van der Waals surface area contributed by atoms with Gasteiger partial charge in [-0.3, -0.25) is 10.1 Å². The molecule has 0 aromatic heterocycles. The molecule has 0 amide bonds. The predicted octanol–water partition coefficient (Wildman–Crippen LogP) is 1.15. The zero-order chi connectivity index (χ0) is 10.9. The van der Waals surface area contributed by atoms with E-state index in [-0.39, 0.29) is 6.61 Å². The number of nitrogens with one attached hydrogen (secondary N) is 1. The zero-order valence-electron chi connectivity index (χ0n) is 9.16. The molecule has 2 rings (SSSR count). The third-order valence-electron chi connectivity index (χ3n) is 3.23. The first kappa shape index (κ1) is 10.9. The van der Waals surface area contributed by atoms with Crippen LogP contribution in [0.5, 0.6) is 0 Å². The molecule has 4 heteroatoms. The van der Waals surface area contributed by atoms with Crippen molar-refractivity contribution in [1.29, 1.82) is 0 Å². The molecular weight excluding hydrogens is 194 g/mol. The van der Waals surface area contributed by atoms with E-state index in [1.165, 1.54) is 6.42 Å². The number of carboxylic acids is 1. The van der Waals surface area contributed by atoms with Crippen LogP contribution in [0.3, 0.4) is 0 Å². The Kier molecular flexibility index (Phi) is 2.98. The fourth-order valence-electron chi connectivity index (χ4n) is 1.67. The lowest BCUT2D eigenvalue weighted by molar-refractivity contribution is -0.149. The highest BCUT2D eigenvalue weighted by molar-refractivity contribution is 5.78. The predicted molar refractivity (Wildman–Crippen MR) is 55.8 cm³/mol. The van der Waals surface area contributed by atoms with E-state index in [0.29, 0.717) is 12.1 Å². The summed E-state index contributed by atoms with van der Waals surface area (Å²) in [6, 6.07) is 0.385. The summed E-state index contributed by atoms with van der Waals surface area (Å²) < 4.78 is 5.59. The molecule has 0 saturated heterocycles. The quantitative estimate of drug-likeness (QED) is 0.695. The molecule has 4 nitrogen and oxygen atoms in total. The highest BCUT2D eigenvalue weighted by atomic mass is 16.5. The number of ether oxygens (including phenoxy) is 1. The summed E-state index contributed by atoms with van der Waals surface area (Å²) in [5, 5.41) is 12.3. The fraction of sp³-hybridized carbons (Fsp3) is 0.909. The first-order chi connectivity index (χ1) is 7.10. The van der Waals surface area contributed by atoms with E-state index in [1.54, 1.807) is 6.92 Å². The smallest absolute Gasteiger partial charge is 0.326 e. The van der Waals surface area contributed by atoms with Crippen LogP contribution in [-0.4, -0.2) is 35.4 Å². The minimum Gasteiger partial charge on any atom is -0.480 e. The third-order valence-corrected chi connectivity index (χ3v) is 3.23. The monoisotopic (exact) mass is 213 g/mol. The summed E-state index contributed by atoms with van der Waals surface area (Å²) in [6.07, 6.45) is 5.85. The van der Waals surface area contributed by atoms with Gasteiger partial charge in [-0.2, -0.15) is 0 Å². The first-order valence-corrected chi connectivity index (χ1v) is 5.73. The van der Waals surface area contributed by atoms with Gasteiger partial charge in [0.2, 0.25) is 0 Å². The van der Waals surface area contributed by atoms with Gasteiger partial charge < -0.3 is 9.84 Å². The Morgan fingerprint density at radius 1 is 1.47 bits per heavy atom. The number of hydrogen-bond acceptors (Lipinski definition) is 3. The van der Waals surface area contributed by atoms with Gasteiger partial charge in [0.25, 0.3) is 0 Å². The van der Waals surface area contributed by atoms with Crippen molar-refractivity contribution in [2.45, 2.75) is 56.7 Å². The molecule has 0 radical (unpaired) electrons. The van der Waals surface area contributed by atoms with Crippen molar-refractivity contribution in [2.75, 3.05) is 6.61 Å². The van der Waals surface area contributed by atoms with Gasteiger partial charge in [-0.15, -0.1) is 0 Å². The van der Waals surface area contributed by atoms with Crippen molar-refractivity contribution in [3.8, 4) is 0 Å². The fourth-order valence-corrected chi connectivity index (χ4v) is 1.67. The Morgan fingerprint density at radius 3 is 2.53 bits per heavy atom. The van der Waals surface area contributed by atoms with Gasteiger partial charge in [0.1, 0.15) is 5.54 Å². The second-order valence-corrected chi connectivity index (χ2v) is 4.92. The maximum absolute atomic E-state index is 11.2. The molecule has 0 aromatic carbocycles. The lowest BCUT2D eigenvalue weighted by Gasteiger charge is -2.32. The van der Waals surface area contributed by atoms with Crippen LogP contribution in [0.15, 0.2) is 0 Å². The van der Waals surface area contributed by atoms with Crippen LogP contribution < -0.4 is 5.32 Å². The summed E-state index contributed by atoms with van der Waals surface area (Å²) >= 11 is 0. The lowest BCUT2D eigenvalue weighted by atomic mass is 9.95. The normalized spacial score (nSPS) is 25.7. The average molecular weight is 213 g/mol. The molecule has 0 spiro atoms. The van der Waals surface area contributed by atoms with E-state index in [2.05, 4.69) is 5.32 Å². The SMILES string of the molecule is CC(COC1CCC1)(NC1CC1)C(=O)O. The summed E-state index contributed by atoms with van der Waals surface area (Å²) in [6.45, 7) is 2.00. The molecule has 86 valence electrons. The second-order valence-electron chi connectivity index (χ2n) is 4.92. The van der Waals surface area contributed by atoms with Crippen LogP contribution in [0.2, 0.25) is 0 Å². The molecule has 0 aromatic rings. The standard InChI is InChI=1S/C11H19NO3/c1-11(10(13)14,12-8-5-6-8)7-15-9-3-2-4-9/h8-9,12H,2-7H2,1H3,(H,13,14). The number of hydrogen-bond donors (Lipinski definition) is 2. The molecule has 1 atom stereocenters. The highest BCUT2D eigenvalue weighted by Gasteiger charge is 2.39. The van der Waals surface area contributed by atoms with Gasteiger partial charge in [-0.05, 0) is 39.0 Å². The van der Waals surface area contributed by atoms with Crippen molar-refractivity contribution in [1.82, 2.24) is 5.32 Å². The average Bonchev–Trinajstić information content (AvgIpc) is 2.85. The van der Waals surface area contributed by atoms with Gasteiger partial charge >= 0.3 is 5.97 Å². The molecular formula is C11H19NO3. The van der Waals surface area contributed by atoms with Gasteiger partial charge in [-0.25, -0.2) is 0 Å². The van der Waals surface area contributed by atoms with Crippen LogP contribution in [0.4, 0.5) is 0 Å². The van der Waals surface area contributed by atoms with E-state index in [0.717, 1.165) is 25.7 Å². The molecule has 2 fully saturated rings. The zero-order valence-corrected chi connectivity index (χ0v) is 9.16. The topological polar surface area (TPSA) is 58.6 Å². The Hall–Kier alpha value is -0.610. The van der Waals surface area contributed by atoms with E-state index >= 15 is 0 Å². The Bertz CT molecular complexity index is 248. The van der Waals surface area contributed by atoms with Crippen molar-refractivity contribution in [2.24, 2.45) is 0 Å². The Morgan fingerprint density at radius 2 is 2.13 bits per heavy atom. The molecule has 0 heterocycles. The second kappa shape index (κ2) is 4.10.